The molecule has 0 aliphatic carbocycles. The third-order valence-electron chi connectivity index (χ3n) is 2.09. The first kappa shape index (κ1) is 13.4. The summed E-state index contributed by atoms with van der Waals surface area (Å²) in [5.74, 6) is 0.0563. The Morgan fingerprint density at radius 2 is 1.80 bits per heavy atom. The number of halogens is 3. The summed E-state index contributed by atoms with van der Waals surface area (Å²) in [7, 11) is 14.7. The van der Waals surface area contributed by atoms with E-state index < -0.39 is 10.5 Å². The molecule has 1 rings (SSSR count). The SMILES string of the molecule is CC(=O)C[CH](c1ccccc1)[Ge]([Cl])([Cl])[Cl]. The van der Waals surface area contributed by atoms with Gasteiger partial charge in [-0.15, -0.1) is 0 Å². The van der Waals surface area contributed by atoms with Gasteiger partial charge in [-0.2, -0.15) is 0 Å². The van der Waals surface area contributed by atoms with Gasteiger partial charge in [0.1, 0.15) is 0 Å². The van der Waals surface area contributed by atoms with Crippen molar-refractivity contribution in [3.8, 4) is 0 Å². The van der Waals surface area contributed by atoms with Gasteiger partial charge in [0, 0.05) is 0 Å². The fourth-order valence-corrected chi connectivity index (χ4v) is 6.85. The average Bonchev–Trinajstić information content (AvgIpc) is 2.14. The topological polar surface area (TPSA) is 17.1 Å². The van der Waals surface area contributed by atoms with E-state index >= 15 is 0 Å². The van der Waals surface area contributed by atoms with Crippen LogP contribution in [0.15, 0.2) is 30.3 Å². The van der Waals surface area contributed by atoms with Crippen molar-refractivity contribution in [1.82, 2.24) is 0 Å². The molecule has 0 amide bonds. The van der Waals surface area contributed by atoms with Gasteiger partial charge in [0.05, 0.1) is 0 Å². The van der Waals surface area contributed by atoms with Crippen molar-refractivity contribution < 1.29 is 4.79 Å². The van der Waals surface area contributed by atoms with Crippen molar-refractivity contribution in [3.05, 3.63) is 35.9 Å². The summed E-state index contributed by atoms with van der Waals surface area (Å²) >= 11 is 0. The molecule has 0 aliphatic rings. The van der Waals surface area contributed by atoms with Crippen LogP contribution in [-0.4, -0.2) is 16.3 Å². The summed E-state index contributed by atoms with van der Waals surface area (Å²) in [6.07, 6.45) is 0.320. The minimum atomic E-state index is -3.40. The zero-order chi connectivity index (χ0) is 11.5. The van der Waals surface area contributed by atoms with Crippen molar-refractivity contribution >= 4 is 46.3 Å². The van der Waals surface area contributed by atoms with Gasteiger partial charge in [-0.3, -0.25) is 0 Å². The fourth-order valence-electron chi connectivity index (χ4n) is 1.40. The normalized spacial score (nSPS) is 13.6. The Morgan fingerprint density at radius 3 is 2.20 bits per heavy atom. The van der Waals surface area contributed by atoms with E-state index in [0.29, 0.717) is 6.42 Å². The third-order valence-corrected chi connectivity index (χ3v) is 8.98. The molecule has 15 heavy (non-hydrogen) atoms. The van der Waals surface area contributed by atoms with Crippen molar-refractivity contribution in [2.75, 3.05) is 0 Å². The molecule has 0 aromatic heterocycles. The van der Waals surface area contributed by atoms with Crippen LogP contribution in [0, 0.1) is 0 Å². The van der Waals surface area contributed by atoms with E-state index in [-0.39, 0.29) is 10.5 Å². The zero-order valence-electron chi connectivity index (χ0n) is 8.21. The first-order chi connectivity index (χ1) is 6.91. The van der Waals surface area contributed by atoms with Crippen LogP contribution in [0.1, 0.15) is 23.7 Å². The van der Waals surface area contributed by atoms with E-state index in [0.717, 1.165) is 5.56 Å². The maximum absolute atomic E-state index is 11.1. The van der Waals surface area contributed by atoms with Crippen molar-refractivity contribution in [3.63, 3.8) is 0 Å². The van der Waals surface area contributed by atoms with E-state index in [2.05, 4.69) is 0 Å². The van der Waals surface area contributed by atoms with E-state index in [1.165, 1.54) is 6.92 Å². The number of rotatable bonds is 4. The second kappa shape index (κ2) is 5.58. The molecule has 0 spiro atoms. The Kier molecular flexibility index (Phi) is 4.97. The Balaban J connectivity index is 2.97. The average molecular weight is 326 g/mol. The number of Topliss-reactive ketones (excluding diaryl/α,β-unsaturated/α-hetero) is 1. The summed E-state index contributed by atoms with van der Waals surface area (Å²) in [4.78, 5) is 11.1. The van der Waals surface area contributed by atoms with Crippen molar-refractivity contribution in [1.29, 1.82) is 0 Å². The molecule has 0 N–H and O–H groups in total. The number of hydrogen-bond acceptors (Lipinski definition) is 1. The fraction of sp³-hybridized carbons (Fsp3) is 0.300. The first-order valence-corrected chi connectivity index (χ1v) is 14.0. The summed E-state index contributed by atoms with van der Waals surface area (Å²) in [5, 5.41) is 0. The monoisotopic (exact) mass is 326 g/mol. The molecule has 5 heteroatoms. The molecule has 82 valence electrons. The van der Waals surface area contributed by atoms with Crippen LogP contribution in [0.2, 0.25) is 0 Å². The molecule has 0 fully saturated rings. The predicted molar refractivity (Wildman–Crippen MR) is 67.8 cm³/mol. The van der Waals surface area contributed by atoms with Crippen LogP contribution in [0.4, 0.5) is 0 Å². The number of carbonyl (C=O) groups excluding carboxylic acids is 1. The van der Waals surface area contributed by atoms with Gasteiger partial charge >= 0.3 is 105 Å². The van der Waals surface area contributed by atoms with Gasteiger partial charge in [-0.05, 0) is 0 Å². The van der Waals surface area contributed by atoms with Crippen molar-refractivity contribution in [2.45, 2.75) is 18.1 Å². The van der Waals surface area contributed by atoms with Crippen LogP contribution < -0.4 is 0 Å². The number of benzene rings is 1. The molecule has 1 aromatic rings. The summed E-state index contributed by atoms with van der Waals surface area (Å²) in [5.41, 5.74) is 0.952. The second-order valence-corrected chi connectivity index (χ2v) is 19.5. The molecule has 1 unspecified atom stereocenters. The minimum absolute atomic E-state index is 0.0563. The Hall–Kier alpha value is 0.303. The van der Waals surface area contributed by atoms with Gasteiger partial charge in [0.25, 0.3) is 0 Å². The van der Waals surface area contributed by atoms with Crippen LogP contribution in [0.5, 0.6) is 0 Å². The van der Waals surface area contributed by atoms with Gasteiger partial charge in [-0.1, -0.05) is 0 Å². The Bertz CT molecular complexity index is 334. The van der Waals surface area contributed by atoms with Crippen molar-refractivity contribution in [2.24, 2.45) is 0 Å². The second-order valence-electron chi connectivity index (χ2n) is 3.41. The van der Waals surface area contributed by atoms with Gasteiger partial charge in [0.15, 0.2) is 0 Å². The molecule has 0 radical (unpaired) electrons. The summed E-state index contributed by atoms with van der Waals surface area (Å²) in [6, 6.07) is 9.49. The Morgan fingerprint density at radius 1 is 1.27 bits per heavy atom. The number of ketones is 1. The number of hydrogen-bond donors (Lipinski definition) is 0. The maximum atomic E-state index is 11.1. The number of carbonyl (C=O) groups is 1. The molecule has 0 heterocycles. The Labute approximate surface area is 105 Å². The molecule has 1 aromatic carbocycles. The standard InChI is InChI=1S/C10H11Cl3GeO/c1-8(15)7-10(14(11,12)13)9-5-3-2-4-6-9/h2-6,10H,7H2,1H3. The molecule has 1 atom stereocenters. The zero-order valence-corrected chi connectivity index (χ0v) is 12.6. The van der Waals surface area contributed by atoms with E-state index in [1.807, 2.05) is 30.3 Å². The van der Waals surface area contributed by atoms with E-state index in [4.69, 9.17) is 30.0 Å². The molecule has 1 nitrogen and oxygen atoms in total. The first-order valence-electron chi connectivity index (χ1n) is 4.52. The molecular weight excluding hydrogens is 315 g/mol. The van der Waals surface area contributed by atoms with Crippen LogP contribution in [0.3, 0.4) is 0 Å². The predicted octanol–water partition coefficient (Wildman–Crippen LogP) is 3.94. The molecule has 0 bridgehead atoms. The summed E-state index contributed by atoms with van der Waals surface area (Å²) < 4.78 is -0.200. The van der Waals surface area contributed by atoms with Crippen LogP contribution >= 0.6 is 30.0 Å². The van der Waals surface area contributed by atoms with Gasteiger partial charge in [0.2, 0.25) is 0 Å². The molecule has 0 aliphatic heterocycles. The quantitative estimate of drug-likeness (QED) is 0.766. The van der Waals surface area contributed by atoms with E-state index in [9.17, 15) is 4.79 Å². The van der Waals surface area contributed by atoms with Crippen LogP contribution in [-0.2, 0) is 4.79 Å². The molecule has 0 saturated heterocycles. The molecular formula is C10H11Cl3GeO. The van der Waals surface area contributed by atoms with E-state index in [1.54, 1.807) is 0 Å². The van der Waals surface area contributed by atoms with Crippen LogP contribution in [0.25, 0.3) is 0 Å². The van der Waals surface area contributed by atoms with Gasteiger partial charge in [-0.25, -0.2) is 0 Å². The summed E-state index contributed by atoms with van der Waals surface area (Å²) in [6.45, 7) is 1.52. The third kappa shape index (κ3) is 4.35. The molecule has 0 saturated carbocycles. The van der Waals surface area contributed by atoms with Gasteiger partial charge < -0.3 is 0 Å².